The Bertz CT molecular complexity index is 550. The molecule has 2 rings (SSSR count). The van der Waals surface area contributed by atoms with Gasteiger partial charge in [0.15, 0.2) is 0 Å². The molecule has 1 unspecified atom stereocenters. The second kappa shape index (κ2) is 6.87. The van der Waals surface area contributed by atoms with Crippen LogP contribution in [-0.2, 0) is 21.3 Å². The van der Waals surface area contributed by atoms with Gasteiger partial charge in [-0.2, -0.15) is 5.10 Å². The van der Waals surface area contributed by atoms with E-state index in [2.05, 4.69) is 16.9 Å². The molecule has 0 spiro atoms. The second-order valence-electron chi connectivity index (χ2n) is 5.70. The molecule has 0 bridgehead atoms. The van der Waals surface area contributed by atoms with Crippen LogP contribution in [0.25, 0.3) is 0 Å². The van der Waals surface area contributed by atoms with Crippen molar-refractivity contribution < 1.29 is 13.2 Å². The van der Waals surface area contributed by atoms with Crippen molar-refractivity contribution in [3.63, 3.8) is 0 Å². The van der Waals surface area contributed by atoms with E-state index in [9.17, 15) is 8.42 Å². The van der Waals surface area contributed by atoms with E-state index in [-0.39, 0.29) is 4.90 Å². The summed E-state index contributed by atoms with van der Waals surface area (Å²) in [5.74, 6) is 0.401. The van der Waals surface area contributed by atoms with E-state index < -0.39 is 10.0 Å². The molecule has 1 aliphatic rings. The van der Waals surface area contributed by atoms with Crippen LogP contribution in [0.15, 0.2) is 17.3 Å². The molecule has 21 heavy (non-hydrogen) atoms. The lowest BCUT2D eigenvalue weighted by Crippen LogP contribution is -2.39. The summed E-state index contributed by atoms with van der Waals surface area (Å²) in [4.78, 5) is 2.61. The molecule has 1 fully saturated rings. The molecule has 8 heteroatoms. The Hall–Kier alpha value is -0.960. The number of morpholine rings is 1. The first-order chi connectivity index (χ1) is 9.89. The quantitative estimate of drug-likeness (QED) is 0.745. The van der Waals surface area contributed by atoms with Crippen LogP contribution in [0.5, 0.6) is 0 Å². The van der Waals surface area contributed by atoms with E-state index in [1.807, 2.05) is 0 Å². The minimum Gasteiger partial charge on any atom is -0.379 e. The average Bonchev–Trinajstić information content (AvgIpc) is 2.88. The molecule has 1 atom stereocenters. The summed E-state index contributed by atoms with van der Waals surface area (Å²) in [6.07, 6.45) is 3.02. The maximum Gasteiger partial charge on any atom is 0.245 e. The lowest BCUT2D eigenvalue weighted by molar-refractivity contribution is 0.0305. The highest BCUT2D eigenvalue weighted by atomic mass is 32.2. The van der Waals surface area contributed by atoms with E-state index in [4.69, 9.17) is 4.74 Å². The number of rotatable bonds is 6. The van der Waals surface area contributed by atoms with Crippen LogP contribution >= 0.6 is 0 Å². The molecule has 120 valence electrons. The van der Waals surface area contributed by atoms with Gasteiger partial charge < -0.3 is 4.74 Å². The van der Waals surface area contributed by atoms with Gasteiger partial charge in [-0.3, -0.25) is 9.58 Å². The molecular formula is C13H24N4O3S. The minimum absolute atomic E-state index is 0.242. The number of aromatic nitrogens is 2. The van der Waals surface area contributed by atoms with E-state index in [1.54, 1.807) is 10.9 Å². The normalized spacial score (nSPS) is 19.0. The number of ether oxygens (including phenoxy) is 1. The lowest BCUT2D eigenvalue weighted by Gasteiger charge is -2.29. The summed E-state index contributed by atoms with van der Waals surface area (Å²) in [5.41, 5.74) is 0. The fourth-order valence-corrected chi connectivity index (χ4v) is 3.25. The fourth-order valence-electron chi connectivity index (χ4n) is 2.39. The molecular weight excluding hydrogens is 292 g/mol. The summed E-state index contributed by atoms with van der Waals surface area (Å²) < 4.78 is 32.2. The Balaban J connectivity index is 1.92. The lowest BCUT2D eigenvalue weighted by atomic mass is 10.1. The van der Waals surface area contributed by atoms with Crippen molar-refractivity contribution in [2.75, 3.05) is 46.9 Å². The van der Waals surface area contributed by atoms with Crippen molar-refractivity contribution in [2.24, 2.45) is 5.92 Å². The smallest absolute Gasteiger partial charge is 0.245 e. The van der Waals surface area contributed by atoms with Gasteiger partial charge in [-0.05, 0) is 5.92 Å². The zero-order valence-electron chi connectivity index (χ0n) is 12.9. The SMILES string of the molecule is CC(CN1CCOCC1)Cn1cc(S(=O)(=O)N(C)C)cn1. The first-order valence-electron chi connectivity index (χ1n) is 7.14. The van der Waals surface area contributed by atoms with E-state index in [0.717, 1.165) is 32.8 Å². The molecule has 0 aliphatic carbocycles. The Morgan fingerprint density at radius 1 is 1.33 bits per heavy atom. The van der Waals surface area contributed by atoms with Gasteiger partial charge in [0.1, 0.15) is 4.90 Å². The second-order valence-corrected chi connectivity index (χ2v) is 7.86. The van der Waals surface area contributed by atoms with E-state index in [0.29, 0.717) is 12.5 Å². The number of hydrogen-bond acceptors (Lipinski definition) is 5. The van der Waals surface area contributed by atoms with Gasteiger partial charge in [-0.1, -0.05) is 6.92 Å². The van der Waals surface area contributed by atoms with Gasteiger partial charge in [0.25, 0.3) is 0 Å². The first-order valence-corrected chi connectivity index (χ1v) is 8.58. The first kappa shape index (κ1) is 16.4. The van der Waals surface area contributed by atoms with Gasteiger partial charge in [-0.15, -0.1) is 0 Å². The zero-order valence-corrected chi connectivity index (χ0v) is 13.7. The van der Waals surface area contributed by atoms with Crippen molar-refractivity contribution in [1.29, 1.82) is 0 Å². The van der Waals surface area contributed by atoms with Crippen molar-refractivity contribution in [2.45, 2.75) is 18.4 Å². The van der Waals surface area contributed by atoms with Crippen LogP contribution in [0.1, 0.15) is 6.92 Å². The van der Waals surface area contributed by atoms with Crippen LogP contribution < -0.4 is 0 Å². The molecule has 0 amide bonds. The highest BCUT2D eigenvalue weighted by Gasteiger charge is 2.20. The van der Waals surface area contributed by atoms with Gasteiger partial charge in [-0.25, -0.2) is 12.7 Å². The number of nitrogens with zero attached hydrogens (tertiary/aromatic N) is 4. The van der Waals surface area contributed by atoms with Crippen LogP contribution in [0.4, 0.5) is 0 Å². The molecule has 1 aromatic heterocycles. The summed E-state index contributed by atoms with van der Waals surface area (Å²) in [6, 6.07) is 0. The van der Waals surface area contributed by atoms with Crippen molar-refractivity contribution in [1.82, 2.24) is 19.0 Å². The predicted molar refractivity (Wildman–Crippen MR) is 79.5 cm³/mol. The molecule has 0 radical (unpaired) electrons. The van der Waals surface area contributed by atoms with Crippen molar-refractivity contribution in [3.05, 3.63) is 12.4 Å². The Labute approximate surface area is 126 Å². The summed E-state index contributed by atoms with van der Waals surface area (Å²) in [7, 11) is -0.353. The third kappa shape index (κ3) is 4.26. The Kier molecular flexibility index (Phi) is 5.37. The number of hydrogen-bond donors (Lipinski definition) is 0. The topological polar surface area (TPSA) is 67.7 Å². The Morgan fingerprint density at radius 3 is 2.62 bits per heavy atom. The van der Waals surface area contributed by atoms with Crippen LogP contribution in [0.2, 0.25) is 0 Å². The molecule has 1 aliphatic heterocycles. The molecule has 7 nitrogen and oxygen atoms in total. The highest BCUT2D eigenvalue weighted by molar-refractivity contribution is 7.89. The average molecular weight is 316 g/mol. The molecule has 0 aromatic carbocycles. The van der Waals surface area contributed by atoms with Gasteiger partial charge in [0.2, 0.25) is 10.0 Å². The molecule has 1 aromatic rings. The number of sulfonamides is 1. The van der Waals surface area contributed by atoms with Gasteiger partial charge in [0, 0.05) is 46.5 Å². The van der Waals surface area contributed by atoms with Gasteiger partial charge in [0.05, 0.1) is 19.4 Å². The van der Waals surface area contributed by atoms with Crippen LogP contribution in [0.3, 0.4) is 0 Å². The molecule has 2 heterocycles. The summed E-state index contributed by atoms with van der Waals surface area (Å²) in [5, 5.41) is 4.17. The van der Waals surface area contributed by atoms with Crippen LogP contribution in [0, 0.1) is 5.92 Å². The third-order valence-corrected chi connectivity index (χ3v) is 5.33. The molecule has 0 N–H and O–H groups in total. The van der Waals surface area contributed by atoms with Gasteiger partial charge >= 0.3 is 0 Å². The van der Waals surface area contributed by atoms with Crippen molar-refractivity contribution >= 4 is 10.0 Å². The summed E-state index contributed by atoms with van der Waals surface area (Å²) in [6.45, 7) is 7.34. The van der Waals surface area contributed by atoms with E-state index >= 15 is 0 Å². The Morgan fingerprint density at radius 2 is 2.00 bits per heavy atom. The highest BCUT2D eigenvalue weighted by Crippen LogP contribution is 2.13. The van der Waals surface area contributed by atoms with E-state index in [1.165, 1.54) is 24.6 Å². The molecule has 1 saturated heterocycles. The largest absolute Gasteiger partial charge is 0.379 e. The predicted octanol–water partition coefficient (Wildman–Crippen LogP) is 0.102. The molecule has 0 saturated carbocycles. The third-order valence-electron chi connectivity index (χ3n) is 3.56. The minimum atomic E-state index is -3.40. The maximum atomic E-state index is 12.0. The zero-order chi connectivity index (χ0) is 15.5. The summed E-state index contributed by atoms with van der Waals surface area (Å²) >= 11 is 0. The van der Waals surface area contributed by atoms with Crippen LogP contribution in [-0.4, -0.2) is 74.3 Å². The standard InChI is InChI=1S/C13H24N4O3S/c1-12(9-16-4-6-20-7-5-16)10-17-11-13(8-14-17)21(18,19)15(2)3/h8,11-12H,4-7,9-10H2,1-3H3. The van der Waals surface area contributed by atoms with Crippen molar-refractivity contribution in [3.8, 4) is 0 Å². The fraction of sp³-hybridized carbons (Fsp3) is 0.769. The monoisotopic (exact) mass is 316 g/mol. The maximum absolute atomic E-state index is 12.0.